The second-order valence-electron chi connectivity index (χ2n) is 7.31. The summed E-state index contributed by atoms with van der Waals surface area (Å²) < 4.78 is 25.5. The number of amides is 2. The molecule has 1 aliphatic rings. The SMILES string of the molecule is Cc1cccc(N(CC(=O)Nc2ccc(N3CCCC3=O)c(C)c2)S(C)(=O)=O)c1. The highest BCUT2D eigenvalue weighted by Gasteiger charge is 2.24. The van der Waals surface area contributed by atoms with Crippen molar-refractivity contribution in [3.05, 3.63) is 53.6 Å². The molecule has 7 nitrogen and oxygen atoms in total. The van der Waals surface area contributed by atoms with Crippen molar-refractivity contribution in [3.8, 4) is 0 Å². The van der Waals surface area contributed by atoms with Crippen molar-refractivity contribution in [1.82, 2.24) is 0 Å². The Morgan fingerprint density at radius 1 is 1.17 bits per heavy atom. The van der Waals surface area contributed by atoms with E-state index < -0.39 is 15.9 Å². The van der Waals surface area contributed by atoms with Gasteiger partial charge in [0.1, 0.15) is 6.54 Å². The van der Waals surface area contributed by atoms with Gasteiger partial charge in [0.25, 0.3) is 0 Å². The first-order chi connectivity index (χ1) is 13.6. The number of hydrogen-bond acceptors (Lipinski definition) is 4. The van der Waals surface area contributed by atoms with Crippen LogP contribution >= 0.6 is 0 Å². The van der Waals surface area contributed by atoms with Gasteiger partial charge >= 0.3 is 0 Å². The van der Waals surface area contributed by atoms with Gasteiger partial charge in [-0.15, -0.1) is 0 Å². The van der Waals surface area contributed by atoms with Crippen molar-refractivity contribution in [1.29, 1.82) is 0 Å². The first-order valence-corrected chi connectivity index (χ1v) is 11.3. The number of hydrogen-bond donors (Lipinski definition) is 1. The molecule has 0 aromatic heterocycles. The van der Waals surface area contributed by atoms with Gasteiger partial charge in [0.2, 0.25) is 21.8 Å². The summed E-state index contributed by atoms with van der Waals surface area (Å²) >= 11 is 0. The van der Waals surface area contributed by atoms with Gasteiger partial charge in [0.05, 0.1) is 11.9 Å². The predicted molar refractivity (Wildman–Crippen MR) is 115 cm³/mol. The van der Waals surface area contributed by atoms with E-state index in [0.717, 1.165) is 33.8 Å². The third kappa shape index (κ3) is 4.95. The van der Waals surface area contributed by atoms with Gasteiger partial charge in [0, 0.05) is 24.3 Å². The topological polar surface area (TPSA) is 86.8 Å². The fraction of sp³-hybridized carbons (Fsp3) is 0.333. The Morgan fingerprint density at radius 3 is 2.52 bits per heavy atom. The number of carbonyl (C=O) groups excluding carboxylic acids is 2. The van der Waals surface area contributed by atoms with Crippen molar-refractivity contribution in [3.63, 3.8) is 0 Å². The highest BCUT2D eigenvalue weighted by molar-refractivity contribution is 7.92. The van der Waals surface area contributed by atoms with Crippen LogP contribution in [-0.4, -0.2) is 39.6 Å². The van der Waals surface area contributed by atoms with Gasteiger partial charge in [-0.1, -0.05) is 12.1 Å². The third-order valence-electron chi connectivity index (χ3n) is 4.82. The minimum Gasteiger partial charge on any atom is -0.325 e. The van der Waals surface area contributed by atoms with Gasteiger partial charge in [0.15, 0.2) is 0 Å². The quantitative estimate of drug-likeness (QED) is 0.786. The molecule has 1 heterocycles. The summed E-state index contributed by atoms with van der Waals surface area (Å²) in [4.78, 5) is 26.3. The summed E-state index contributed by atoms with van der Waals surface area (Å²) in [6, 6.07) is 12.3. The predicted octanol–water partition coefficient (Wildman–Crippen LogP) is 2.83. The molecular weight excluding hydrogens is 390 g/mol. The van der Waals surface area contributed by atoms with Crippen molar-refractivity contribution in [2.45, 2.75) is 26.7 Å². The average molecular weight is 416 g/mol. The lowest BCUT2D eigenvalue weighted by Gasteiger charge is -2.23. The molecule has 1 saturated heterocycles. The number of nitrogens with zero attached hydrogens (tertiary/aromatic N) is 2. The van der Waals surface area contributed by atoms with E-state index in [1.807, 2.05) is 26.0 Å². The molecule has 3 rings (SSSR count). The van der Waals surface area contributed by atoms with Crippen LogP contribution in [0.25, 0.3) is 0 Å². The molecule has 2 amide bonds. The van der Waals surface area contributed by atoms with E-state index in [-0.39, 0.29) is 12.5 Å². The molecule has 0 spiro atoms. The number of carbonyl (C=O) groups is 2. The van der Waals surface area contributed by atoms with Crippen molar-refractivity contribution >= 4 is 38.9 Å². The second kappa shape index (κ2) is 8.24. The van der Waals surface area contributed by atoms with Gasteiger partial charge < -0.3 is 10.2 Å². The molecule has 0 aliphatic carbocycles. The molecule has 1 N–H and O–H groups in total. The van der Waals surface area contributed by atoms with Crippen LogP contribution in [0.3, 0.4) is 0 Å². The normalized spacial score (nSPS) is 14.2. The van der Waals surface area contributed by atoms with Crippen LogP contribution in [0.15, 0.2) is 42.5 Å². The molecule has 2 aromatic rings. The number of anilines is 3. The Labute approximate surface area is 171 Å². The maximum Gasteiger partial charge on any atom is 0.245 e. The van der Waals surface area contributed by atoms with Gasteiger partial charge in [-0.2, -0.15) is 0 Å². The molecule has 2 aromatic carbocycles. The largest absolute Gasteiger partial charge is 0.325 e. The fourth-order valence-electron chi connectivity index (χ4n) is 3.45. The van der Waals surface area contributed by atoms with Crippen LogP contribution in [0.1, 0.15) is 24.0 Å². The molecule has 0 radical (unpaired) electrons. The zero-order valence-electron chi connectivity index (χ0n) is 16.8. The number of sulfonamides is 1. The van der Waals surface area contributed by atoms with Gasteiger partial charge in [-0.05, 0) is 61.7 Å². The highest BCUT2D eigenvalue weighted by atomic mass is 32.2. The van der Waals surface area contributed by atoms with Crippen molar-refractivity contribution < 1.29 is 18.0 Å². The fourth-order valence-corrected chi connectivity index (χ4v) is 4.30. The van der Waals surface area contributed by atoms with Crippen LogP contribution in [0.4, 0.5) is 17.1 Å². The van der Waals surface area contributed by atoms with Crippen LogP contribution < -0.4 is 14.5 Å². The number of aryl methyl sites for hydroxylation is 2. The Kier molecular flexibility index (Phi) is 5.93. The van der Waals surface area contributed by atoms with E-state index in [1.54, 1.807) is 35.2 Å². The Hall–Kier alpha value is -2.87. The number of rotatable bonds is 6. The summed E-state index contributed by atoms with van der Waals surface area (Å²) in [5.74, 6) is -0.340. The lowest BCUT2D eigenvalue weighted by Crippen LogP contribution is -2.37. The Balaban J connectivity index is 1.75. The van der Waals surface area contributed by atoms with Crippen LogP contribution in [0.2, 0.25) is 0 Å². The molecule has 29 heavy (non-hydrogen) atoms. The Bertz CT molecular complexity index is 1050. The standard InChI is InChI=1S/C21H25N3O4S/c1-15-6-4-7-18(12-15)24(29(3,27)28)14-20(25)22-17-9-10-19(16(2)13-17)23-11-5-8-21(23)26/h4,6-7,9-10,12-13H,5,8,11,14H2,1-3H3,(H,22,25). The molecule has 0 saturated carbocycles. The lowest BCUT2D eigenvalue weighted by atomic mass is 10.1. The lowest BCUT2D eigenvalue weighted by molar-refractivity contribution is -0.117. The summed E-state index contributed by atoms with van der Waals surface area (Å²) in [6.45, 7) is 4.12. The first-order valence-electron chi connectivity index (χ1n) is 9.40. The summed E-state index contributed by atoms with van der Waals surface area (Å²) in [5.41, 5.74) is 3.61. The second-order valence-corrected chi connectivity index (χ2v) is 9.21. The highest BCUT2D eigenvalue weighted by Crippen LogP contribution is 2.27. The molecule has 0 unspecified atom stereocenters. The third-order valence-corrected chi connectivity index (χ3v) is 5.96. The van der Waals surface area contributed by atoms with E-state index >= 15 is 0 Å². The minimum atomic E-state index is -3.63. The van der Waals surface area contributed by atoms with Crippen molar-refractivity contribution in [2.24, 2.45) is 0 Å². The van der Waals surface area contributed by atoms with Crippen molar-refractivity contribution in [2.75, 3.05) is 33.9 Å². The number of benzene rings is 2. The van der Waals surface area contributed by atoms with E-state index in [1.165, 1.54) is 0 Å². The summed E-state index contributed by atoms with van der Waals surface area (Å²) in [7, 11) is -3.63. The zero-order chi connectivity index (χ0) is 21.2. The van der Waals surface area contributed by atoms with E-state index in [2.05, 4.69) is 5.32 Å². The smallest absolute Gasteiger partial charge is 0.245 e. The minimum absolute atomic E-state index is 0.104. The monoisotopic (exact) mass is 415 g/mol. The zero-order valence-corrected chi connectivity index (χ0v) is 17.6. The summed E-state index contributed by atoms with van der Waals surface area (Å²) in [6.07, 6.45) is 2.48. The van der Waals surface area contributed by atoms with Crippen LogP contribution in [0.5, 0.6) is 0 Å². The van der Waals surface area contributed by atoms with E-state index in [9.17, 15) is 18.0 Å². The van der Waals surface area contributed by atoms with Crippen LogP contribution in [0, 0.1) is 13.8 Å². The van der Waals surface area contributed by atoms with E-state index in [4.69, 9.17) is 0 Å². The van der Waals surface area contributed by atoms with Crippen LogP contribution in [-0.2, 0) is 19.6 Å². The maximum atomic E-state index is 12.6. The molecule has 0 bridgehead atoms. The summed E-state index contributed by atoms with van der Waals surface area (Å²) in [5, 5.41) is 2.75. The molecule has 1 aliphatic heterocycles. The molecule has 8 heteroatoms. The molecular formula is C21H25N3O4S. The average Bonchev–Trinajstić information content (AvgIpc) is 3.04. The molecule has 0 atom stereocenters. The first kappa shape index (κ1) is 20.9. The van der Waals surface area contributed by atoms with Gasteiger partial charge in [-0.3, -0.25) is 13.9 Å². The Morgan fingerprint density at radius 2 is 1.93 bits per heavy atom. The van der Waals surface area contributed by atoms with Gasteiger partial charge in [-0.25, -0.2) is 8.42 Å². The molecule has 1 fully saturated rings. The number of nitrogens with one attached hydrogen (secondary N) is 1. The van der Waals surface area contributed by atoms with E-state index in [0.29, 0.717) is 24.3 Å². The molecule has 154 valence electrons. The maximum absolute atomic E-state index is 12.6.